The van der Waals surface area contributed by atoms with Gasteiger partial charge in [0.1, 0.15) is 0 Å². The molecular formula is C27H37N5O6. The summed E-state index contributed by atoms with van der Waals surface area (Å²) in [6, 6.07) is 9.07. The van der Waals surface area contributed by atoms with Crippen LogP contribution >= 0.6 is 0 Å². The number of rotatable bonds is 16. The third kappa shape index (κ3) is 8.63. The Morgan fingerprint density at radius 3 is 1.39 bits per heavy atom. The van der Waals surface area contributed by atoms with E-state index in [1.54, 1.807) is 36.8 Å². The summed E-state index contributed by atoms with van der Waals surface area (Å²) in [5, 5.41) is 32.2. The van der Waals surface area contributed by atoms with Crippen molar-refractivity contribution in [3.8, 4) is 17.2 Å². The summed E-state index contributed by atoms with van der Waals surface area (Å²) < 4.78 is 4.49. The molecule has 0 aliphatic rings. The van der Waals surface area contributed by atoms with Gasteiger partial charge in [0, 0.05) is 38.2 Å². The van der Waals surface area contributed by atoms with E-state index in [0.717, 1.165) is 58.4 Å². The monoisotopic (exact) mass is 527 g/mol. The third-order valence-corrected chi connectivity index (χ3v) is 6.33. The Bertz CT molecular complexity index is 1270. The first-order chi connectivity index (χ1) is 18.4. The van der Waals surface area contributed by atoms with Crippen molar-refractivity contribution in [3.63, 3.8) is 0 Å². The lowest BCUT2D eigenvalue weighted by Gasteiger charge is -2.23. The Morgan fingerprint density at radius 2 is 0.947 bits per heavy atom. The first kappa shape index (κ1) is 28.7. The van der Waals surface area contributed by atoms with Gasteiger partial charge < -0.3 is 39.2 Å². The summed E-state index contributed by atoms with van der Waals surface area (Å²) in [5.74, 6) is -0.773. The molecule has 3 aromatic heterocycles. The fourth-order valence-corrected chi connectivity index (χ4v) is 4.29. The van der Waals surface area contributed by atoms with Crippen molar-refractivity contribution in [1.29, 1.82) is 0 Å². The zero-order chi connectivity index (χ0) is 27.3. The first-order valence-corrected chi connectivity index (χ1v) is 12.9. The van der Waals surface area contributed by atoms with Gasteiger partial charge >= 0.3 is 0 Å². The normalized spacial score (nSPS) is 11.3. The van der Waals surface area contributed by atoms with Crippen LogP contribution in [0.4, 0.5) is 0 Å². The minimum atomic E-state index is -0.403. The molecule has 0 spiro atoms. The van der Waals surface area contributed by atoms with Gasteiger partial charge in [-0.3, -0.25) is 14.4 Å². The molecule has 0 aliphatic heterocycles. The molecule has 0 saturated carbocycles. The number of hydrogen-bond donors (Lipinski definition) is 4. The smallest absolute Gasteiger partial charge is 0.292 e. The third-order valence-electron chi connectivity index (χ3n) is 6.33. The average Bonchev–Trinajstić information content (AvgIpc) is 2.90. The van der Waals surface area contributed by atoms with Crippen LogP contribution in [-0.2, 0) is 19.6 Å². The second kappa shape index (κ2) is 14.8. The number of pyridine rings is 3. The first-order valence-electron chi connectivity index (χ1n) is 12.9. The van der Waals surface area contributed by atoms with Crippen LogP contribution in [0.2, 0.25) is 0 Å². The molecule has 0 saturated heterocycles. The van der Waals surface area contributed by atoms with Crippen LogP contribution in [0.1, 0.15) is 25.7 Å². The van der Waals surface area contributed by atoms with E-state index in [0.29, 0.717) is 19.6 Å². The van der Waals surface area contributed by atoms with Crippen molar-refractivity contribution in [3.05, 3.63) is 86.1 Å². The van der Waals surface area contributed by atoms with Crippen molar-refractivity contribution in [2.75, 3.05) is 32.7 Å². The summed E-state index contributed by atoms with van der Waals surface area (Å²) in [7, 11) is 0. The number of aromatic hydroxyl groups is 3. The van der Waals surface area contributed by atoms with Gasteiger partial charge in [-0.25, -0.2) is 0 Å². The van der Waals surface area contributed by atoms with Gasteiger partial charge in [-0.2, -0.15) is 0 Å². The van der Waals surface area contributed by atoms with Crippen molar-refractivity contribution in [2.24, 2.45) is 0 Å². The van der Waals surface area contributed by atoms with Gasteiger partial charge in [-0.1, -0.05) is 0 Å². The molecule has 11 heteroatoms. The Labute approximate surface area is 220 Å². The van der Waals surface area contributed by atoms with Crippen LogP contribution in [0, 0.1) is 0 Å². The highest BCUT2D eigenvalue weighted by molar-refractivity contribution is 5.16. The zero-order valence-electron chi connectivity index (χ0n) is 21.5. The minimum absolute atomic E-state index is 0.247. The Kier molecular flexibility index (Phi) is 11.2. The quantitative estimate of drug-likeness (QED) is 0.203. The van der Waals surface area contributed by atoms with Gasteiger partial charge in [0.2, 0.25) is 0 Å². The molecule has 206 valence electrons. The lowest BCUT2D eigenvalue weighted by atomic mass is 10.2. The molecule has 0 aliphatic carbocycles. The van der Waals surface area contributed by atoms with Gasteiger partial charge in [-0.05, 0) is 94.8 Å². The van der Waals surface area contributed by atoms with Crippen LogP contribution in [0.5, 0.6) is 17.2 Å². The van der Waals surface area contributed by atoms with E-state index in [2.05, 4.69) is 10.2 Å². The molecule has 3 heterocycles. The Morgan fingerprint density at radius 1 is 0.579 bits per heavy atom. The molecule has 0 bridgehead atoms. The number of nitrogens with one attached hydrogen (secondary N) is 1. The maximum Gasteiger partial charge on any atom is 0.292 e. The predicted octanol–water partition coefficient (Wildman–Crippen LogP) is 1.14. The standard InChI is InChI=1S/C27H37N5O6/c33-22-8-1-16-30(25(22)36)19-5-12-28-11-4-13-29(14-6-20-31-17-2-9-23(34)26(31)37)15-7-21-32-18-3-10-24(35)27(32)38/h1-3,8-10,16-18,28,33-35H,4-7,11-15,19-21H2. The number of aryl methyl sites for hydroxylation is 3. The molecule has 3 aromatic rings. The largest absolute Gasteiger partial charge is 0.503 e. The molecule has 0 atom stereocenters. The van der Waals surface area contributed by atoms with E-state index in [-0.39, 0.29) is 22.8 Å². The van der Waals surface area contributed by atoms with Crippen LogP contribution < -0.4 is 22.0 Å². The molecule has 38 heavy (non-hydrogen) atoms. The van der Waals surface area contributed by atoms with Crippen molar-refractivity contribution >= 4 is 0 Å². The summed E-state index contributed by atoms with van der Waals surface area (Å²) in [6.45, 7) is 5.35. The van der Waals surface area contributed by atoms with E-state index in [4.69, 9.17) is 0 Å². The molecule has 4 N–H and O–H groups in total. The summed E-state index contributed by atoms with van der Waals surface area (Å²) >= 11 is 0. The molecule has 0 radical (unpaired) electrons. The van der Waals surface area contributed by atoms with Gasteiger partial charge in [0.15, 0.2) is 17.2 Å². The van der Waals surface area contributed by atoms with Gasteiger partial charge in [-0.15, -0.1) is 0 Å². The molecule has 0 fully saturated rings. The lowest BCUT2D eigenvalue weighted by molar-refractivity contribution is 0.252. The fraction of sp³-hybridized carbons (Fsp3) is 0.444. The molecular weight excluding hydrogens is 490 g/mol. The van der Waals surface area contributed by atoms with Crippen LogP contribution in [0.25, 0.3) is 0 Å². The highest BCUT2D eigenvalue weighted by Gasteiger charge is 2.08. The average molecular weight is 528 g/mol. The van der Waals surface area contributed by atoms with Crippen LogP contribution in [-0.4, -0.2) is 66.6 Å². The SMILES string of the molecule is O=c1c(O)cccn1CCCNCCCN(CCCn1cccc(O)c1=O)CCCn1cccc(O)c1=O. The van der Waals surface area contributed by atoms with E-state index in [1.165, 1.54) is 31.9 Å². The summed E-state index contributed by atoms with van der Waals surface area (Å²) in [5.41, 5.74) is -1.19. The number of nitrogens with zero attached hydrogens (tertiary/aromatic N) is 4. The second-order valence-corrected chi connectivity index (χ2v) is 9.18. The van der Waals surface area contributed by atoms with E-state index in [1.807, 2.05) is 0 Å². The van der Waals surface area contributed by atoms with Crippen molar-refractivity contribution < 1.29 is 15.3 Å². The Balaban J connectivity index is 1.43. The summed E-state index contributed by atoms with van der Waals surface area (Å²) in [6.07, 6.45) is 8.08. The van der Waals surface area contributed by atoms with Crippen LogP contribution in [0.3, 0.4) is 0 Å². The van der Waals surface area contributed by atoms with E-state index >= 15 is 0 Å². The zero-order valence-corrected chi connectivity index (χ0v) is 21.5. The predicted molar refractivity (Wildman–Crippen MR) is 145 cm³/mol. The van der Waals surface area contributed by atoms with E-state index < -0.39 is 11.1 Å². The lowest BCUT2D eigenvalue weighted by Crippen LogP contribution is -2.32. The second-order valence-electron chi connectivity index (χ2n) is 9.18. The molecule has 0 aromatic carbocycles. The maximum atomic E-state index is 12.1. The molecule has 0 amide bonds. The molecule has 3 rings (SSSR count). The maximum absolute atomic E-state index is 12.1. The van der Waals surface area contributed by atoms with Gasteiger partial charge in [0.05, 0.1) is 0 Å². The molecule has 11 nitrogen and oxygen atoms in total. The minimum Gasteiger partial charge on any atom is -0.503 e. The number of aromatic nitrogens is 3. The van der Waals surface area contributed by atoms with Crippen molar-refractivity contribution in [2.45, 2.75) is 45.3 Å². The van der Waals surface area contributed by atoms with Gasteiger partial charge in [0.25, 0.3) is 16.7 Å². The van der Waals surface area contributed by atoms with E-state index in [9.17, 15) is 29.7 Å². The highest BCUT2D eigenvalue weighted by atomic mass is 16.3. The Hall–Kier alpha value is -3.83. The summed E-state index contributed by atoms with van der Waals surface area (Å²) in [4.78, 5) is 38.3. The fourth-order valence-electron chi connectivity index (χ4n) is 4.29. The van der Waals surface area contributed by atoms with Crippen molar-refractivity contribution in [1.82, 2.24) is 23.9 Å². The highest BCUT2D eigenvalue weighted by Crippen LogP contribution is 2.04. The molecule has 0 unspecified atom stereocenters. The topological polar surface area (TPSA) is 142 Å². The van der Waals surface area contributed by atoms with Crippen LogP contribution in [0.15, 0.2) is 69.4 Å². The number of hydrogen-bond acceptors (Lipinski definition) is 8.